The van der Waals surface area contributed by atoms with Gasteiger partial charge in [-0.3, -0.25) is 9.59 Å². The molecule has 0 fully saturated rings. The van der Waals surface area contributed by atoms with Gasteiger partial charge in [-0.25, -0.2) is 4.98 Å². The number of halogens is 2. The van der Waals surface area contributed by atoms with Gasteiger partial charge in [0.1, 0.15) is 11.4 Å². The number of rotatable bonds is 5. The lowest BCUT2D eigenvalue weighted by Gasteiger charge is -2.19. The second kappa shape index (κ2) is 9.63. The maximum Gasteiger partial charge on any atom is 0.321 e. The molecule has 1 unspecified atom stereocenters. The number of aromatic nitrogens is 2. The third kappa shape index (κ3) is 4.91. The quantitative estimate of drug-likeness (QED) is 0.177. The lowest BCUT2D eigenvalue weighted by atomic mass is 9.97. The minimum Gasteiger partial charge on any atom is -0.612 e. The molecule has 1 aromatic carbocycles. The molecule has 0 aromatic heterocycles. The van der Waals surface area contributed by atoms with Crippen LogP contribution in [0, 0.1) is 10.4 Å². The number of aromatic hydroxyl groups is 1. The fourth-order valence-electron chi connectivity index (χ4n) is 2.93. The number of hydrazone groups is 1. The topological polar surface area (TPSA) is 192 Å². The number of benzene rings is 2. The summed E-state index contributed by atoms with van der Waals surface area (Å²) in [5.74, 6) is 1.14. The van der Waals surface area contributed by atoms with Crippen LogP contribution in [0.2, 0.25) is 10.0 Å². The molecular weight excluding hydrogens is 479 g/mol. The number of hydrogen-bond donors (Lipinski definition) is 4. The molecule has 172 valence electrons. The summed E-state index contributed by atoms with van der Waals surface area (Å²) in [4.78, 5) is 31.5. The highest BCUT2D eigenvalue weighted by Gasteiger charge is 2.37. The molecule has 0 spiro atoms. The van der Waals surface area contributed by atoms with Crippen molar-refractivity contribution < 1.29 is 19.4 Å². The van der Waals surface area contributed by atoms with Crippen molar-refractivity contribution in [2.45, 2.75) is 5.92 Å². The number of nitrogens with one attached hydrogen (secondary N) is 2. The van der Waals surface area contributed by atoms with Crippen LogP contribution in [0.1, 0.15) is 11.6 Å². The van der Waals surface area contributed by atoms with Gasteiger partial charge in [-0.15, -0.1) is 0 Å². The van der Waals surface area contributed by atoms with E-state index in [1.165, 1.54) is 30.3 Å². The molecule has 5 N–H and O–H groups in total. The van der Waals surface area contributed by atoms with Gasteiger partial charge < -0.3 is 36.4 Å². The smallest absolute Gasteiger partial charge is 0.321 e. The Balaban J connectivity index is 2.09. The number of amides is 1. The van der Waals surface area contributed by atoms with Crippen molar-refractivity contribution in [2.75, 3.05) is 12.4 Å². The van der Waals surface area contributed by atoms with Crippen LogP contribution in [0.4, 0.5) is 5.69 Å². The van der Waals surface area contributed by atoms with Crippen molar-refractivity contribution >= 4 is 46.5 Å². The van der Waals surface area contributed by atoms with Gasteiger partial charge in [0.2, 0.25) is 11.2 Å². The average Bonchev–Trinajstić information content (AvgIpc) is 2.78. The van der Waals surface area contributed by atoms with Gasteiger partial charge in [0.05, 0.1) is 29.2 Å². The number of aromatic amines is 1. The number of anilines is 1. The average molecular weight is 494 g/mol. The first kappa shape index (κ1) is 23.6. The Morgan fingerprint density at radius 1 is 1.27 bits per heavy atom. The van der Waals surface area contributed by atoms with Crippen molar-refractivity contribution in [3.05, 3.63) is 67.9 Å². The van der Waals surface area contributed by atoms with Gasteiger partial charge >= 0.3 is 5.97 Å². The summed E-state index contributed by atoms with van der Waals surface area (Å²) < 4.78 is 4.75. The fraction of sp³-hybridized carbons (Fsp3) is 0.105. The van der Waals surface area contributed by atoms with Crippen LogP contribution in [-0.2, 0) is 14.3 Å². The van der Waals surface area contributed by atoms with Crippen molar-refractivity contribution in [3.8, 4) is 17.3 Å². The van der Waals surface area contributed by atoms with E-state index in [1.54, 1.807) is 0 Å². The second-order valence-electron chi connectivity index (χ2n) is 6.48. The van der Waals surface area contributed by atoms with Crippen LogP contribution in [0.25, 0.3) is 11.4 Å². The van der Waals surface area contributed by atoms with E-state index in [-0.39, 0.29) is 38.2 Å². The first-order valence-corrected chi connectivity index (χ1v) is 9.74. The van der Waals surface area contributed by atoms with Gasteiger partial charge in [0.25, 0.3) is 5.91 Å². The zero-order valence-electron chi connectivity index (χ0n) is 16.7. The molecule has 0 radical (unpaired) electrons. The lowest BCUT2D eigenvalue weighted by Crippen LogP contribution is -2.35. The maximum absolute atomic E-state index is 12.9. The van der Waals surface area contributed by atoms with Crippen LogP contribution >= 0.6 is 23.2 Å². The van der Waals surface area contributed by atoms with E-state index in [0.29, 0.717) is 0 Å². The highest BCUT2D eigenvalue weighted by molar-refractivity contribution is 6.48. The van der Waals surface area contributed by atoms with Gasteiger partial charge in [-0.05, 0) is 24.3 Å². The Labute approximate surface area is 195 Å². The highest BCUT2D eigenvalue weighted by Crippen LogP contribution is 2.30. The van der Waals surface area contributed by atoms with Crippen molar-refractivity contribution in [2.24, 2.45) is 10.9 Å². The Bertz CT molecular complexity index is 1300. The van der Waals surface area contributed by atoms with E-state index >= 15 is 0 Å². The first-order valence-electron chi connectivity index (χ1n) is 8.98. The Morgan fingerprint density at radius 3 is 2.64 bits per heavy atom. The Morgan fingerprint density at radius 2 is 2.00 bits per heavy atom. The SMILES string of the molecule is COC(=O)C(/C(=N\N)C(=O)Nc1cc(Cl)ccc1Cl)c1nc2ccc(=[N+]([O-])[O-])cc-2[nH]c1O. The van der Waals surface area contributed by atoms with Crippen molar-refractivity contribution in [1.82, 2.24) is 14.9 Å². The van der Waals surface area contributed by atoms with Crippen LogP contribution in [0.3, 0.4) is 0 Å². The number of carbonyl (C=O) groups is 2. The summed E-state index contributed by atoms with van der Waals surface area (Å²) in [6.07, 6.45) is 0. The van der Waals surface area contributed by atoms with Gasteiger partial charge in [-0.2, -0.15) is 10.0 Å². The lowest BCUT2D eigenvalue weighted by molar-refractivity contribution is -0.141. The number of esters is 1. The number of nitrogens with two attached hydrogens (primary N) is 1. The largest absolute Gasteiger partial charge is 0.612 e. The molecule has 3 rings (SSSR count). The molecular formula is C19H15Cl2N6O6-. The zero-order chi connectivity index (χ0) is 24.3. The Kier molecular flexibility index (Phi) is 6.89. The summed E-state index contributed by atoms with van der Waals surface area (Å²) in [7, 11) is 1.06. The molecule has 33 heavy (non-hydrogen) atoms. The minimum atomic E-state index is -1.66. The van der Waals surface area contributed by atoms with Gasteiger partial charge in [0, 0.05) is 17.2 Å². The molecule has 0 saturated carbocycles. The van der Waals surface area contributed by atoms with E-state index < -0.39 is 34.3 Å². The zero-order valence-corrected chi connectivity index (χ0v) is 18.2. The van der Waals surface area contributed by atoms with Crippen LogP contribution in [0.15, 0.2) is 41.5 Å². The predicted molar refractivity (Wildman–Crippen MR) is 120 cm³/mol. The standard InChI is InChI=1S/C19H15Cl2N6O6/c1-33-19(30)14(16(26-22)18(29)24-12-6-8(20)2-4-10(12)21)15-17(28)25-13-7-9(27(31)32)3-5-11(13)23-15/h2-7,14H,1H3,(H5-,22,23,24,25,26,28,29,31,32)/q-1. The van der Waals surface area contributed by atoms with Crippen LogP contribution in [0.5, 0.6) is 5.88 Å². The summed E-state index contributed by atoms with van der Waals surface area (Å²) in [5.41, 5.74) is -0.531. The maximum atomic E-state index is 12.9. The highest BCUT2D eigenvalue weighted by atomic mass is 35.5. The van der Waals surface area contributed by atoms with E-state index in [4.69, 9.17) is 33.8 Å². The molecule has 1 amide bonds. The van der Waals surface area contributed by atoms with Crippen LogP contribution < -0.4 is 21.4 Å². The number of hydrogen-bond acceptors (Lipinski definition) is 9. The molecule has 14 heteroatoms. The number of carbonyl (C=O) groups excluding carboxylic acids is 2. The first-order chi connectivity index (χ1) is 15.7. The number of methoxy groups -OCH3 is 1. The predicted octanol–water partition coefficient (Wildman–Crippen LogP) is 1.50. The molecule has 0 bridgehead atoms. The van der Waals surface area contributed by atoms with E-state index in [0.717, 1.165) is 13.2 Å². The second-order valence-corrected chi connectivity index (χ2v) is 7.32. The molecule has 1 aromatic rings. The number of H-pyrrole nitrogens is 1. The molecule has 12 nitrogen and oxygen atoms in total. The summed E-state index contributed by atoms with van der Waals surface area (Å²) in [5, 5.41) is 38.5. The molecule has 0 saturated heterocycles. The third-order valence-corrected chi connectivity index (χ3v) is 5.02. The fourth-order valence-corrected chi connectivity index (χ4v) is 3.26. The molecule has 1 heterocycles. The molecule has 1 aliphatic carbocycles. The number of nitrogens with zero attached hydrogens (tertiary/aromatic N) is 3. The number of ether oxygens (including phenoxy) is 1. The molecule has 1 aliphatic heterocycles. The summed E-state index contributed by atoms with van der Waals surface area (Å²) in [6.45, 7) is 0. The third-order valence-electron chi connectivity index (χ3n) is 4.46. The number of fused-ring (bicyclic) bond motifs is 1. The van der Waals surface area contributed by atoms with E-state index in [9.17, 15) is 25.1 Å². The van der Waals surface area contributed by atoms with Crippen molar-refractivity contribution in [3.63, 3.8) is 0 Å². The summed E-state index contributed by atoms with van der Waals surface area (Å²) in [6, 6.07) is 7.95. The minimum absolute atomic E-state index is 0.107. The Hall–Kier alpha value is -4.03. The van der Waals surface area contributed by atoms with Crippen molar-refractivity contribution in [1.29, 1.82) is 0 Å². The molecule has 1 atom stereocenters. The normalized spacial score (nSPS) is 12.3. The van der Waals surface area contributed by atoms with Crippen LogP contribution in [-0.4, -0.2) is 39.8 Å². The molecule has 2 aliphatic rings. The van der Waals surface area contributed by atoms with Gasteiger partial charge in [0.15, 0.2) is 5.92 Å². The monoisotopic (exact) mass is 493 g/mol. The summed E-state index contributed by atoms with van der Waals surface area (Å²) >= 11 is 12.0. The van der Waals surface area contributed by atoms with E-state index in [2.05, 4.69) is 20.4 Å². The van der Waals surface area contributed by atoms with Gasteiger partial charge in [-0.1, -0.05) is 23.2 Å². The van der Waals surface area contributed by atoms with E-state index in [1.807, 2.05) is 0 Å².